The molecule has 3 nitrogen and oxygen atoms in total. The first-order chi connectivity index (χ1) is 11.2. The van der Waals surface area contributed by atoms with Gasteiger partial charge in [0, 0.05) is 39.8 Å². The number of rotatable bonds is 5. The normalized spacial score (nSPS) is 14.5. The van der Waals surface area contributed by atoms with E-state index in [1.54, 1.807) is 13.2 Å². The van der Waals surface area contributed by atoms with Crippen LogP contribution in [0.3, 0.4) is 0 Å². The summed E-state index contributed by atoms with van der Waals surface area (Å²) in [4.78, 5) is 4.50. The first-order valence-electron chi connectivity index (χ1n) is 8.99. The number of hydrogen-bond donors (Lipinski definition) is 0. The Morgan fingerprint density at radius 1 is 1.04 bits per heavy atom. The number of methoxy groups -OCH3 is 1. The standard InChI is InChI=1S/C15H23FN2O.2C2H6/c1-3-13-4-5-15(14(16)12-13)18-8-6-17(7-9-18)10-11-19-2;2*1-2/h4-5,12H,3,6-11H2,1-2H3;2*1-2H3. The monoisotopic (exact) mass is 326 g/mol. The van der Waals surface area contributed by atoms with Gasteiger partial charge in [0.05, 0.1) is 12.3 Å². The van der Waals surface area contributed by atoms with Crippen LogP contribution in [0.5, 0.6) is 0 Å². The molecule has 1 saturated heterocycles. The molecule has 4 heteroatoms. The molecule has 0 aromatic heterocycles. The minimum atomic E-state index is -0.0929. The minimum absolute atomic E-state index is 0.0929. The number of nitrogens with zero attached hydrogens (tertiary/aromatic N) is 2. The molecule has 0 atom stereocenters. The van der Waals surface area contributed by atoms with Crippen LogP contribution < -0.4 is 4.90 Å². The van der Waals surface area contributed by atoms with E-state index in [1.165, 1.54) is 0 Å². The van der Waals surface area contributed by atoms with Crippen LogP contribution in [0.15, 0.2) is 18.2 Å². The van der Waals surface area contributed by atoms with Gasteiger partial charge in [-0.2, -0.15) is 0 Å². The van der Waals surface area contributed by atoms with E-state index in [9.17, 15) is 4.39 Å². The second-order valence-electron chi connectivity index (χ2n) is 4.96. The molecule has 0 radical (unpaired) electrons. The lowest BCUT2D eigenvalue weighted by Gasteiger charge is -2.36. The molecular weight excluding hydrogens is 291 g/mol. The lowest BCUT2D eigenvalue weighted by molar-refractivity contribution is 0.144. The van der Waals surface area contributed by atoms with Gasteiger partial charge in [-0.25, -0.2) is 4.39 Å². The molecule has 1 fully saturated rings. The lowest BCUT2D eigenvalue weighted by atomic mass is 10.1. The highest BCUT2D eigenvalue weighted by atomic mass is 19.1. The van der Waals surface area contributed by atoms with Crippen LogP contribution in [-0.2, 0) is 11.2 Å². The van der Waals surface area contributed by atoms with Gasteiger partial charge in [0.1, 0.15) is 5.82 Å². The molecule has 1 aromatic carbocycles. The Balaban J connectivity index is 0.00000112. The number of piperazine rings is 1. The second kappa shape index (κ2) is 13.3. The Bertz CT molecular complexity index is 404. The second-order valence-corrected chi connectivity index (χ2v) is 4.96. The summed E-state index contributed by atoms with van der Waals surface area (Å²) in [6, 6.07) is 5.60. The molecule has 0 aliphatic carbocycles. The predicted molar refractivity (Wildman–Crippen MR) is 99.0 cm³/mol. The first kappa shape index (κ1) is 21.9. The van der Waals surface area contributed by atoms with Crippen molar-refractivity contribution in [3.63, 3.8) is 0 Å². The maximum absolute atomic E-state index is 14.0. The fourth-order valence-corrected chi connectivity index (χ4v) is 2.46. The zero-order valence-corrected chi connectivity index (χ0v) is 15.9. The van der Waals surface area contributed by atoms with Crippen molar-refractivity contribution >= 4 is 5.69 Å². The summed E-state index contributed by atoms with van der Waals surface area (Å²) in [5.41, 5.74) is 1.79. The van der Waals surface area contributed by atoms with Crippen molar-refractivity contribution in [3.8, 4) is 0 Å². The minimum Gasteiger partial charge on any atom is -0.383 e. The van der Waals surface area contributed by atoms with Crippen LogP contribution in [0.2, 0.25) is 0 Å². The Hall–Kier alpha value is -1.13. The Morgan fingerprint density at radius 2 is 1.65 bits per heavy atom. The van der Waals surface area contributed by atoms with Crippen molar-refractivity contribution < 1.29 is 9.13 Å². The van der Waals surface area contributed by atoms with Crippen molar-refractivity contribution in [1.82, 2.24) is 4.90 Å². The smallest absolute Gasteiger partial charge is 0.146 e. The molecule has 2 rings (SSSR count). The largest absolute Gasteiger partial charge is 0.383 e. The molecule has 1 aliphatic rings. The van der Waals surface area contributed by atoms with Crippen LogP contribution in [0.25, 0.3) is 0 Å². The van der Waals surface area contributed by atoms with Gasteiger partial charge >= 0.3 is 0 Å². The number of ether oxygens (including phenoxy) is 1. The molecule has 134 valence electrons. The highest BCUT2D eigenvalue weighted by molar-refractivity contribution is 5.49. The van der Waals surface area contributed by atoms with Crippen molar-refractivity contribution in [2.75, 3.05) is 51.3 Å². The molecule has 1 aliphatic heterocycles. The summed E-state index contributed by atoms with van der Waals surface area (Å²) in [7, 11) is 1.72. The average molecular weight is 326 g/mol. The molecular formula is C19H35FN2O. The topological polar surface area (TPSA) is 15.7 Å². The van der Waals surface area contributed by atoms with Gasteiger partial charge in [0.2, 0.25) is 0 Å². The molecule has 23 heavy (non-hydrogen) atoms. The molecule has 0 bridgehead atoms. The SMILES string of the molecule is CC.CC.CCc1ccc(N2CCN(CCOC)CC2)c(F)c1. The van der Waals surface area contributed by atoms with Gasteiger partial charge in [0.15, 0.2) is 0 Å². The lowest BCUT2D eigenvalue weighted by Crippen LogP contribution is -2.47. The maximum Gasteiger partial charge on any atom is 0.146 e. The van der Waals surface area contributed by atoms with Gasteiger partial charge in [-0.3, -0.25) is 4.90 Å². The number of hydrogen-bond acceptors (Lipinski definition) is 3. The van der Waals surface area contributed by atoms with Crippen LogP contribution in [0.1, 0.15) is 40.2 Å². The molecule has 0 N–H and O–H groups in total. The predicted octanol–water partition coefficient (Wildman–Crippen LogP) is 4.21. The van der Waals surface area contributed by atoms with Crippen molar-refractivity contribution in [2.45, 2.75) is 41.0 Å². The fraction of sp³-hybridized carbons (Fsp3) is 0.684. The van der Waals surface area contributed by atoms with Crippen LogP contribution in [-0.4, -0.2) is 51.3 Å². The zero-order valence-electron chi connectivity index (χ0n) is 15.9. The summed E-state index contributed by atoms with van der Waals surface area (Å²) in [5.74, 6) is -0.0929. The molecule has 0 unspecified atom stereocenters. The maximum atomic E-state index is 14.0. The van der Waals surface area contributed by atoms with Gasteiger partial charge < -0.3 is 9.64 Å². The number of benzene rings is 1. The van der Waals surface area contributed by atoms with E-state index >= 15 is 0 Å². The highest BCUT2D eigenvalue weighted by Crippen LogP contribution is 2.22. The Kier molecular flexibility index (Phi) is 12.7. The van der Waals surface area contributed by atoms with E-state index in [4.69, 9.17) is 4.74 Å². The van der Waals surface area contributed by atoms with E-state index in [0.717, 1.165) is 57.0 Å². The highest BCUT2D eigenvalue weighted by Gasteiger charge is 2.19. The number of aryl methyl sites for hydroxylation is 1. The summed E-state index contributed by atoms with van der Waals surface area (Å²) < 4.78 is 19.1. The van der Waals surface area contributed by atoms with Crippen LogP contribution in [0, 0.1) is 5.82 Å². The van der Waals surface area contributed by atoms with Crippen LogP contribution >= 0.6 is 0 Å². The summed E-state index contributed by atoms with van der Waals surface area (Å²) in [6.07, 6.45) is 0.877. The number of halogens is 1. The quantitative estimate of drug-likeness (QED) is 0.806. The Labute approximate surface area is 142 Å². The van der Waals surface area contributed by atoms with E-state index < -0.39 is 0 Å². The average Bonchev–Trinajstić information content (AvgIpc) is 2.64. The molecule has 1 aromatic rings. The first-order valence-corrected chi connectivity index (χ1v) is 8.99. The molecule has 0 amide bonds. The number of anilines is 1. The third-order valence-corrected chi connectivity index (χ3v) is 3.74. The third kappa shape index (κ3) is 7.32. The Morgan fingerprint density at radius 3 is 2.13 bits per heavy atom. The van der Waals surface area contributed by atoms with E-state index in [-0.39, 0.29) is 5.82 Å². The summed E-state index contributed by atoms with van der Waals surface area (Å²) in [5, 5.41) is 0. The molecule has 0 spiro atoms. The van der Waals surface area contributed by atoms with Gasteiger partial charge in [-0.1, -0.05) is 40.7 Å². The van der Waals surface area contributed by atoms with Crippen molar-refractivity contribution in [1.29, 1.82) is 0 Å². The third-order valence-electron chi connectivity index (χ3n) is 3.74. The van der Waals surface area contributed by atoms with Crippen molar-refractivity contribution in [3.05, 3.63) is 29.6 Å². The molecule has 0 saturated carbocycles. The van der Waals surface area contributed by atoms with E-state index in [0.29, 0.717) is 0 Å². The van der Waals surface area contributed by atoms with E-state index in [1.807, 2.05) is 46.8 Å². The van der Waals surface area contributed by atoms with Gasteiger partial charge in [-0.15, -0.1) is 0 Å². The van der Waals surface area contributed by atoms with Crippen LogP contribution in [0.4, 0.5) is 10.1 Å². The van der Waals surface area contributed by atoms with Crippen molar-refractivity contribution in [2.24, 2.45) is 0 Å². The van der Waals surface area contributed by atoms with Gasteiger partial charge in [0.25, 0.3) is 0 Å². The molecule has 1 heterocycles. The zero-order chi connectivity index (χ0) is 17.7. The summed E-state index contributed by atoms with van der Waals surface area (Å²) in [6.45, 7) is 15.5. The fourth-order valence-electron chi connectivity index (χ4n) is 2.46. The van der Waals surface area contributed by atoms with Gasteiger partial charge in [-0.05, 0) is 24.1 Å². The van der Waals surface area contributed by atoms with E-state index in [2.05, 4.69) is 9.80 Å². The summed E-state index contributed by atoms with van der Waals surface area (Å²) >= 11 is 0.